The highest BCUT2D eigenvalue weighted by atomic mass is 35.5. The van der Waals surface area contributed by atoms with Crippen molar-refractivity contribution in [3.8, 4) is 6.07 Å². The summed E-state index contributed by atoms with van der Waals surface area (Å²) in [5.74, 6) is 0. The number of hydrogen-bond acceptors (Lipinski definition) is 3. The van der Waals surface area contributed by atoms with Crippen molar-refractivity contribution in [1.29, 1.82) is 5.26 Å². The van der Waals surface area contributed by atoms with Crippen molar-refractivity contribution in [3.63, 3.8) is 0 Å². The molecular formula is C13H15ClN2O. The van der Waals surface area contributed by atoms with Crippen LogP contribution in [0.3, 0.4) is 0 Å². The van der Waals surface area contributed by atoms with Crippen LogP contribution < -0.4 is 4.90 Å². The SMILES string of the molecule is CC1OCCC1N(C)c1cccc(Cl)c1C#N. The first kappa shape index (κ1) is 12.2. The topological polar surface area (TPSA) is 36.3 Å². The van der Waals surface area contributed by atoms with E-state index in [4.69, 9.17) is 21.6 Å². The molecule has 1 aliphatic rings. The van der Waals surface area contributed by atoms with Crippen LogP contribution in [-0.2, 0) is 4.74 Å². The van der Waals surface area contributed by atoms with Crippen LogP contribution >= 0.6 is 11.6 Å². The van der Waals surface area contributed by atoms with Gasteiger partial charge in [0.05, 0.1) is 28.4 Å². The van der Waals surface area contributed by atoms with Crippen LogP contribution in [0.4, 0.5) is 5.69 Å². The molecule has 1 saturated heterocycles. The summed E-state index contributed by atoms with van der Waals surface area (Å²) in [6.07, 6.45) is 1.17. The number of likely N-dealkylation sites (N-methyl/N-ethyl adjacent to an activating group) is 1. The lowest BCUT2D eigenvalue weighted by Gasteiger charge is -2.29. The first-order chi connectivity index (χ1) is 8.15. The van der Waals surface area contributed by atoms with E-state index in [1.807, 2.05) is 19.2 Å². The molecule has 1 aromatic carbocycles. The lowest BCUT2D eigenvalue weighted by molar-refractivity contribution is 0.118. The van der Waals surface area contributed by atoms with Gasteiger partial charge in [0.2, 0.25) is 0 Å². The smallest absolute Gasteiger partial charge is 0.103 e. The fourth-order valence-electron chi connectivity index (χ4n) is 2.33. The minimum absolute atomic E-state index is 0.186. The maximum atomic E-state index is 9.16. The van der Waals surface area contributed by atoms with E-state index in [0.29, 0.717) is 16.6 Å². The highest BCUT2D eigenvalue weighted by Crippen LogP contribution is 2.30. The van der Waals surface area contributed by atoms with Gasteiger partial charge in [0, 0.05) is 13.7 Å². The van der Waals surface area contributed by atoms with E-state index in [0.717, 1.165) is 18.7 Å². The summed E-state index contributed by atoms with van der Waals surface area (Å²) >= 11 is 6.04. The molecule has 90 valence electrons. The van der Waals surface area contributed by atoms with E-state index in [9.17, 15) is 0 Å². The van der Waals surface area contributed by atoms with E-state index in [1.54, 1.807) is 6.07 Å². The van der Waals surface area contributed by atoms with Gasteiger partial charge in [-0.25, -0.2) is 0 Å². The van der Waals surface area contributed by atoms with Gasteiger partial charge in [-0.2, -0.15) is 5.26 Å². The molecule has 0 N–H and O–H groups in total. The molecule has 1 fully saturated rings. The number of nitriles is 1. The van der Waals surface area contributed by atoms with Crippen LogP contribution in [0.2, 0.25) is 5.02 Å². The van der Waals surface area contributed by atoms with Crippen molar-refractivity contribution < 1.29 is 4.74 Å². The van der Waals surface area contributed by atoms with Gasteiger partial charge in [-0.3, -0.25) is 0 Å². The van der Waals surface area contributed by atoms with Crippen LogP contribution in [0, 0.1) is 11.3 Å². The minimum atomic E-state index is 0.186. The third-order valence-corrected chi connectivity index (χ3v) is 3.63. The van der Waals surface area contributed by atoms with Crippen molar-refractivity contribution in [1.82, 2.24) is 0 Å². The van der Waals surface area contributed by atoms with E-state index >= 15 is 0 Å². The molecule has 0 saturated carbocycles. The lowest BCUT2D eigenvalue weighted by atomic mass is 10.1. The van der Waals surface area contributed by atoms with E-state index in [-0.39, 0.29) is 6.10 Å². The number of halogens is 1. The number of nitrogens with zero attached hydrogens (tertiary/aromatic N) is 2. The molecule has 0 spiro atoms. The molecule has 0 radical (unpaired) electrons. The predicted octanol–water partition coefficient (Wildman–Crippen LogP) is 2.83. The van der Waals surface area contributed by atoms with Crippen LogP contribution in [0.15, 0.2) is 18.2 Å². The second-order valence-corrected chi connectivity index (χ2v) is 4.70. The molecule has 17 heavy (non-hydrogen) atoms. The zero-order valence-electron chi connectivity index (χ0n) is 9.98. The Morgan fingerprint density at radius 1 is 1.53 bits per heavy atom. The van der Waals surface area contributed by atoms with Gasteiger partial charge in [-0.05, 0) is 25.5 Å². The summed E-state index contributed by atoms with van der Waals surface area (Å²) in [7, 11) is 1.99. The minimum Gasteiger partial charge on any atom is -0.376 e. The van der Waals surface area contributed by atoms with Gasteiger partial charge >= 0.3 is 0 Å². The highest BCUT2D eigenvalue weighted by Gasteiger charge is 2.29. The molecule has 0 aliphatic carbocycles. The van der Waals surface area contributed by atoms with Gasteiger partial charge in [-0.1, -0.05) is 17.7 Å². The van der Waals surface area contributed by atoms with Gasteiger partial charge in [0.15, 0.2) is 0 Å². The third-order valence-electron chi connectivity index (χ3n) is 3.32. The molecule has 1 aliphatic heterocycles. The molecule has 0 bridgehead atoms. The Balaban J connectivity index is 2.34. The number of ether oxygens (including phenoxy) is 1. The standard InChI is InChI=1S/C13H15ClN2O/c1-9-12(6-7-17-9)16(2)13-5-3-4-11(14)10(13)8-15/h3-5,9,12H,6-7H2,1-2H3. The fourth-order valence-corrected chi connectivity index (χ4v) is 2.54. The fraction of sp³-hybridized carbons (Fsp3) is 0.462. The zero-order chi connectivity index (χ0) is 12.4. The Kier molecular flexibility index (Phi) is 3.56. The molecule has 4 heteroatoms. The summed E-state index contributed by atoms with van der Waals surface area (Å²) in [6.45, 7) is 2.84. The van der Waals surface area contributed by atoms with Crippen molar-refractivity contribution in [2.24, 2.45) is 0 Å². The summed E-state index contributed by atoms with van der Waals surface area (Å²) in [5.41, 5.74) is 1.41. The second-order valence-electron chi connectivity index (χ2n) is 4.29. The van der Waals surface area contributed by atoms with Gasteiger partial charge in [-0.15, -0.1) is 0 Å². The quantitative estimate of drug-likeness (QED) is 0.810. The molecule has 2 atom stereocenters. The summed E-state index contributed by atoms with van der Waals surface area (Å²) in [4.78, 5) is 2.10. The Bertz CT molecular complexity index is 455. The zero-order valence-corrected chi connectivity index (χ0v) is 10.7. The largest absolute Gasteiger partial charge is 0.376 e. The van der Waals surface area contributed by atoms with Gasteiger partial charge in [0.25, 0.3) is 0 Å². The predicted molar refractivity (Wildman–Crippen MR) is 68.4 cm³/mol. The van der Waals surface area contributed by atoms with Crippen LogP contribution in [0.1, 0.15) is 18.9 Å². The molecule has 1 heterocycles. The van der Waals surface area contributed by atoms with Crippen molar-refractivity contribution >= 4 is 17.3 Å². The Morgan fingerprint density at radius 3 is 2.88 bits per heavy atom. The summed E-state index contributed by atoms with van der Waals surface area (Å²) < 4.78 is 5.55. The number of rotatable bonds is 2. The van der Waals surface area contributed by atoms with E-state index < -0.39 is 0 Å². The first-order valence-corrected chi connectivity index (χ1v) is 6.06. The van der Waals surface area contributed by atoms with Crippen molar-refractivity contribution in [3.05, 3.63) is 28.8 Å². The average molecular weight is 251 g/mol. The molecular weight excluding hydrogens is 236 g/mol. The third kappa shape index (κ3) is 2.24. The van der Waals surface area contributed by atoms with Crippen molar-refractivity contribution in [2.75, 3.05) is 18.6 Å². The molecule has 2 rings (SSSR count). The second kappa shape index (κ2) is 4.95. The monoisotopic (exact) mass is 250 g/mol. The molecule has 0 aromatic heterocycles. The van der Waals surface area contributed by atoms with Crippen LogP contribution in [0.25, 0.3) is 0 Å². The van der Waals surface area contributed by atoms with Gasteiger partial charge in [0.1, 0.15) is 6.07 Å². The van der Waals surface area contributed by atoms with E-state index in [1.165, 1.54) is 0 Å². The molecule has 0 amide bonds. The average Bonchev–Trinajstić information content (AvgIpc) is 2.74. The van der Waals surface area contributed by atoms with Crippen molar-refractivity contribution in [2.45, 2.75) is 25.5 Å². The highest BCUT2D eigenvalue weighted by molar-refractivity contribution is 6.32. The number of anilines is 1. The number of benzene rings is 1. The first-order valence-electron chi connectivity index (χ1n) is 5.68. The van der Waals surface area contributed by atoms with Gasteiger partial charge < -0.3 is 9.64 Å². The maximum Gasteiger partial charge on any atom is 0.103 e. The van der Waals surface area contributed by atoms with E-state index in [2.05, 4.69) is 17.9 Å². The Hall–Kier alpha value is -1.24. The summed E-state index contributed by atoms with van der Waals surface area (Å²) in [6, 6.07) is 8.01. The maximum absolute atomic E-state index is 9.16. The Morgan fingerprint density at radius 2 is 2.29 bits per heavy atom. The Labute approximate surface area is 107 Å². The van der Waals surface area contributed by atoms with Crippen LogP contribution in [0.5, 0.6) is 0 Å². The molecule has 3 nitrogen and oxygen atoms in total. The molecule has 1 aromatic rings. The van der Waals surface area contributed by atoms with Crippen LogP contribution in [-0.4, -0.2) is 25.8 Å². The number of hydrogen-bond donors (Lipinski definition) is 0. The normalized spacial score (nSPS) is 23.4. The lowest BCUT2D eigenvalue weighted by Crippen LogP contribution is -2.37. The summed E-state index contributed by atoms with van der Waals surface area (Å²) in [5, 5.41) is 9.67. The molecule has 2 unspecified atom stereocenters.